The number of nitro groups is 2. The zero-order chi connectivity index (χ0) is 32.3. The van der Waals surface area contributed by atoms with Crippen LogP contribution in [0.2, 0.25) is 0 Å². The standard InChI is InChI=1S/C28H27N5O11S/c1-16(44-27(37)43-15-18-4-8-20(9-5-18)33(40)41)28-10-22(45-21-12-29-26(36)30-13-21)24(31(28)23(34)11-28)25(35)42-14-17-2-6-19(7-3-17)32(38)39/h2-9,16,21H,10-15H2,1H3,(H2,29,30,36)/t16?,28-/m1/s1. The van der Waals surface area contributed by atoms with Crippen LogP contribution in [0.3, 0.4) is 0 Å². The lowest BCUT2D eigenvalue weighted by molar-refractivity contribution is -0.385. The Morgan fingerprint density at radius 2 is 1.47 bits per heavy atom. The van der Waals surface area contributed by atoms with E-state index in [-0.39, 0.29) is 60.3 Å². The van der Waals surface area contributed by atoms with Gasteiger partial charge in [0.2, 0.25) is 5.91 Å². The summed E-state index contributed by atoms with van der Waals surface area (Å²) >= 11 is 1.30. The predicted molar refractivity (Wildman–Crippen MR) is 155 cm³/mol. The summed E-state index contributed by atoms with van der Waals surface area (Å²) in [5, 5.41) is 27.0. The second-order valence-electron chi connectivity index (χ2n) is 10.5. The van der Waals surface area contributed by atoms with Crippen LogP contribution in [0.1, 0.15) is 30.9 Å². The topological polar surface area (TPSA) is 210 Å². The Morgan fingerprint density at radius 1 is 0.933 bits per heavy atom. The Hall–Kier alpha value is -5.19. The van der Waals surface area contributed by atoms with Crippen LogP contribution < -0.4 is 10.6 Å². The molecular weight excluding hydrogens is 614 g/mol. The molecule has 3 heterocycles. The molecule has 5 rings (SSSR count). The Bertz CT molecular complexity index is 1570. The second kappa shape index (κ2) is 12.8. The molecule has 16 nitrogen and oxygen atoms in total. The number of carbonyl (C=O) groups is 4. The fourth-order valence-corrected chi connectivity index (χ4v) is 6.59. The third-order valence-corrected chi connectivity index (χ3v) is 8.93. The number of nitro benzene ring substituents is 2. The lowest BCUT2D eigenvalue weighted by atomic mass is 9.79. The minimum absolute atomic E-state index is 0.00441. The van der Waals surface area contributed by atoms with Crippen molar-refractivity contribution < 1.29 is 43.2 Å². The molecule has 0 spiro atoms. The predicted octanol–water partition coefficient (Wildman–Crippen LogP) is 3.29. The largest absolute Gasteiger partial charge is 0.508 e. The number of hydrogen-bond acceptors (Lipinski definition) is 12. The average molecular weight is 642 g/mol. The molecule has 3 aliphatic rings. The lowest BCUT2D eigenvalue weighted by Gasteiger charge is -2.50. The highest BCUT2D eigenvalue weighted by Gasteiger charge is 2.63. The molecule has 2 aromatic rings. The first kappa shape index (κ1) is 31.2. The number of non-ortho nitro benzene ring substituents is 2. The second-order valence-corrected chi connectivity index (χ2v) is 11.9. The van der Waals surface area contributed by atoms with Crippen LogP contribution in [-0.4, -0.2) is 68.8 Å². The summed E-state index contributed by atoms with van der Waals surface area (Å²) in [5.74, 6) is -1.18. The smallest absolute Gasteiger partial charge is 0.456 e. The van der Waals surface area contributed by atoms with E-state index in [9.17, 15) is 39.4 Å². The van der Waals surface area contributed by atoms with Crippen LogP contribution >= 0.6 is 11.8 Å². The van der Waals surface area contributed by atoms with Crippen molar-refractivity contribution >= 4 is 47.2 Å². The van der Waals surface area contributed by atoms with Gasteiger partial charge in [-0.3, -0.25) is 29.9 Å². The normalized spacial score (nSPS) is 19.9. The number of hydrogen-bond donors (Lipinski definition) is 2. The van der Waals surface area contributed by atoms with Crippen LogP contribution in [0.25, 0.3) is 0 Å². The first-order valence-corrected chi connectivity index (χ1v) is 14.6. The van der Waals surface area contributed by atoms with Crippen molar-refractivity contribution in [1.82, 2.24) is 15.5 Å². The molecule has 236 valence electrons. The minimum Gasteiger partial charge on any atom is -0.456 e. The fraction of sp³-hybridized carbons (Fsp3) is 0.357. The van der Waals surface area contributed by atoms with E-state index in [2.05, 4.69) is 10.6 Å². The molecule has 0 saturated carbocycles. The molecule has 3 amide bonds. The van der Waals surface area contributed by atoms with Gasteiger partial charge < -0.3 is 24.8 Å². The number of ether oxygens (including phenoxy) is 3. The minimum atomic E-state index is -1.08. The molecule has 2 aromatic carbocycles. The molecular formula is C28H27N5O11S. The summed E-state index contributed by atoms with van der Waals surface area (Å²) in [6, 6.07) is 10.6. The summed E-state index contributed by atoms with van der Waals surface area (Å²) in [6.07, 6.45) is -1.80. The maximum absolute atomic E-state index is 13.5. The van der Waals surface area contributed by atoms with Gasteiger partial charge in [-0.1, -0.05) is 0 Å². The van der Waals surface area contributed by atoms with Gasteiger partial charge in [-0.2, -0.15) is 0 Å². The van der Waals surface area contributed by atoms with E-state index < -0.39 is 33.6 Å². The summed E-state index contributed by atoms with van der Waals surface area (Å²) in [6.45, 7) is 1.79. The lowest BCUT2D eigenvalue weighted by Crippen LogP contribution is -2.66. The van der Waals surface area contributed by atoms with E-state index in [0.717, 1.165) is 0 Å². The highest BCUT2D eigenvalue weighted by molar-refractivity contribution is 8.03. The third-order valence-electron chi connectivity index (χ3n) is 7.64. The summed E-state index contributed by atoms with van der Waals surface area (Å²) in [4.78, 5) is 73.2. The van der Waals surface area contributed by atoms with Crippen LogP contribution in [0.4, 0.5) is 21.0 Å². The van der Waals surface area contributed by atoms with Gasteiger partial charge in [0.25, 0.3) is 11.4 Å². The molecule has 2 atom stereocenters. The number of benzene rings is 2. The van der Waals surface area contributed by atoms with E-state index in [4.69, 9.17) is 14.2 Å². The number of rotatable bonds is 11. The van der Waals surface area contributed by atoms with Crippen molar-refractivity contribution in [1.29, 1.82) is 0 Å². The number of nitrogens with one attached hydrogen (secondary N) is 2. The molecule has 3 aliphatic heterocycles. The van der Waals surface area contributed by atoms with Crippen molar-refractivity contribution in [3.8, 4) is 0 Å². The van der Waals surface area contributed by atoms with Gasteiger partial charge in [-0.25, -0.2) is 14.4 Å². The monoisotopic (exact) mass is 641 g/mol. The highest BCUT2D eigenvalue weighted by atomic mass is 32.2. The van der Waals surface area contributed by atoms with Crippen LogP contribution in [0, 0.1) is 20.2 Å². The van der Waals surface area contributed by atoms with E-state index >= 15 is 0 Å². The average Bonchev–Trinajstić information content (AvgIpc) is 3.28. The van der Waals surface area contributed by atoms with Crippen molar-refractivity contribution in [2.24, 2.45) is 0 Å². The Labute approximate surface area is 259 Å². The number of esters is 1. The fourth-order valence-electron chi connectivity index (χ4n) is 5.23. The number of amides is 3. The number of β-lactam (4-membered cyclic amide) rings is 1. The summed E-state index contributed by atoms with van der Waals surface area (Å²) in [5.41, 5.74) is -0.319. The molecule has 0 aliphatic carbocycles. The maximum atomic E-state index is 13.5. The molecule has 0 aromatic heterocycles. The van der Waals surface area contributed by atoms with Crippen LogP contribution in [-0.2, 0) is 37.0 Å². The van der Waals surface area contributed by atoms with Gasteiger partial charge >= 0.3 is 18.2 Å². The van der Waals surface area contributed by atoms with Gasteiger partial charge in [0.15, 0.2) is 0 Å². The van der Waals surface area contributed by atoms with Crippen LogP contribution in [0.15, 0.2) is 59.1 Å². The van der Waals surface area contributed by atoms with E-state index in [1.807, 2.05) is 0 Å². The number of thioether (sulfide) groups is 1. The number of carbonyl (C=O) groups excluding carboxylic acids is 4. The van der Waals surface area contributed by atoms with Gasteiger partial charge in [-0.15, -0.1) is 11.8 Å². The molecule has 2 fully saturated rings. The van der Waals surface area contributed by atoms with Crippen molar-refractivity contribution in [3.05, 3.63) is 90.5 Å². The van der Waals surface area contributed by atoms with E-state index in [1.165, 1.54) is 65.2 Å². The Kier molecular flexibility index (Phi) is 8.89. The quantitative estimate of drug-likeness (QED) is 0.157. The van der Waals surface area contributed by atoms with Crippen molar-refractivity contribution in [3.63, 3.8) is 0 Å². The molecule has 2 saturated heterocycles. The van der Waals surface area contributed by atoms with Crippen molar-refractivity contribution in [2.45, 2.75) is 49.9 Å². The molecule has 2 N–H and O–H groups in total. The SMILES string of the molecule is CC(OC(=O)OCc1ccc([N+](=O)[O-])cc1)[C@@]12CC(=O)N1C(C(=O)OCc1ccc([N+](=O)[O-])cc1)=C(SC1CNC(=O)NC1)C2. The van der Waals surface area contributed by atoms with E-state index in [1.54, 1.807) is 6.92 Å². The number of nitrogens with zero attached hydrogens (tertiary/aromatic N) is 3. The molecule has 1 unspecified atom stereocenters. The Morgan fingerprint density at radius 3 is 1.98 bits per heavy atom. The van der Waals surface area contributed by atoms with E-state index in [0.29, 0.717) is 29.1 Å². The third kappa shape index (κ3) is 6.67. The van der Waals surface area contributed by atoms with Crippen LogP contribution in [0.5, 0.6) is 0 Å². The zero-order valence-corrected chi connectivity index (χ0v) is 24.6. The summed E-state index contributed by atoms with van der Waals surface area (Å²) in [7, 11) is 0. The molecule has 45 heavy (non-hydrogen) atoms. The zero-order valence-electron chi connectivity index (χ0n) is 23.8. The highest BCUT2D eigenvalue weighted by Crippen LogP contribution is 2.54. The number of fused-ring (bicyclic) bond motifs is 1. The molecule has 17 heteroatoms. The molecule has 0 radical (unpaired) electrons. The first-order chi connectivity index (χ1) is 21.5. The Balaban J connectivity index is 1.29. The maximum Gasteiger partial charge on any atom is 0.508 e. The molecule has 0 bridgehead atoms. The summed E-state index contributed by atoms with van der Waals surface area (Å²) < 4.78 is 16.3. The van der Waals surface area contributed by atoms with Gasteiger partial charge in [0.1, 0.15) is 25.0 Å². The van der Waals surface area contributed by atoms with Crippen molar-refractivity contribution in [2.75, 3.05) is 13.1 Å². The van der Waals surface area contributed by atoms with Gasteiger partial charge in [-0.05, 0) is 42.3 Å². The number of urea groups is 1. The van der Waals surface area contributed by atoms with Gasteiger partial charge in [0.05, 0.1) is 21.8 Å². The van der Waals surface area contributed by atoms with Gasteiger partial charge in [0, 0.05) is 53.9 Å². The first-order valence-electron chi connectivity index (χ1n) is 13.7.